The molecule has 14 heavy (non-hydrogen) atoms. The van der Waals surface area contributed by atoms with Crippen LogP contribution in [0, 0.1) is 5.41 Å². The van der Waals surface area contributed by atoms with Crippen LogP contribution < -0.4 is 5.73 Å². The largest absolute Gasteiger partial charge is 0.508 e. The van der Waals surface area contributed by atoms with Crippen LogP contribution in [-0.4, -0.2) is 10.9 Å². The number of aromatic hydroxyl groups is 1. The number of aryl methyl sites for hydroxylation is 1. The average Bonchev–Trinajstić information content (AvgIpc) is 2.14. The van der Waals surface area contributed by atoms with Crippen molar-refractivity contribution in [3.05, 3.63) is 29.3 Å². The molecule has 0 saturated heterocycles. The van der Waals surface area contributed by atoms with Crippen molar-refractivity contribution in [2.45, 2.75) is 26.2 Å². The minimum Gasteiger partial charge on any atom is -0.508 e. The second-order valence-corrected chi connectivity index (χ2v) is 3.36. The lowest BCUT2D eigenvalue weighted by Gasteiger charge is -2.07. The highest BCUT2D eigenvalue weighted by Crippen LogP contribution is 2.18. The van der Waals surface area contributed by atoms with Crippen molar-refractivity contribution in [3.63, 3.8) is 0 Å². The van der Waals surface area contributed by atoms with E-state index in [-0.39, 0.29) is 11.6 Å². The van der Waals surface area contributed by atoms with Crippen molar-refractivity contribution in [3.8, 4) is 5.75 Å². The minimum absolute atomic E-state index is 0.0658. The van der Waals surface area contributed by atoms with Crippen molar-refractivity contribution in [1.82, 2.24) is 0 Å². The SMILES string of the molecule is CCCCc1cc(O)ccc1C(=N)N. The number of amidine groups is 1. The number of phenols is 1. The number of hydrogen-bond acceptors (Lipinski definition) is 2. The fourth-order valence-corrected chi connectivity index (χ4v) is 1.42. The topological polar surface area (TPSA) is 70.1 Å². The fraction of sp³-hybridized carbons (Fsp3) is 0.364. The maximum atomic E-state index is 9.31. The monoisotopic (exact) mass is 192 g/mol. The van der Waals surface area contributed by atoms with E-state index in [1.165, 1.54) is 0 Å². The quantitative estimate of drug-likeness (QED) is 0.504. The van der Waals surface area contributed by atoms with Gasteiger partial charge < -0.3 is 10.8 Å². The first-order chi connectivity index (χ1) is 6.65. The zero-order valence-electron chi connectivity index (χ0n) is 8.38. The predicted molar refractivity (Wildman–Crippen MR) is 57.7 cm³/mol. The van der Waals surface area contributed by atoms with Gasteiger partial charge in [-0.25, -0.2) is 0 Å². The molecule has 0 aliphatic heterocycles. The van der Waals surface area contributed by atoms with E-state index in [4.69, 9.17) is 11.1 Å². The molecule has 0 fully saturated rings. The Hall–Kier alpha value is -1.51. The van der Waals surface area contributed by atoms with E-state index in [2.05, 4.69) is 6.92 Å². The molecule has 0 aromatic heterocycles. The molecule has 0 heterocycles. The summed E-state index contributed by atoms with van der Waals surface area (Å²) in [5, 5.41) is 16.7. The van der Waals surface area contributed by atoms with Gasteiger partial charge in [0.2, 0.25) is 0 Å². The molecule has 0 radical (unpaired) electrons. The second-order valence-electron chi connectivity index (χ2n) is 3.36. The molecule has 0 atom stereocenters. The second kappa shape index (κ2) is 4.65. The van der Waals surface area contributed by atoms with Crippen LogP contribution in [0.2, 0.25) is 0 Å². The summed E-state index contributed by atoms with van der Waals surface area (Å²) < 4.78 is 0. The van der Waals surface area contributed by atoms with Crippen molar-refractivity contribution in [1.29, 1.82) is 5.41 Å². The fourth-order valence-electron chi connectivity index (χ4n) is 1.42. The van der Waals surface area contributed by atoms with Crippen molar-refractivity contribution in [2.24, 2.45) is 5.73 Å². The molecule has 0 unspecified atom stereocenters. The zero-order valence-corrected chi connectivity index (χ0v) is 8.38. The van der Waals surface area contributed by atoms with Gasteiger partial charge in [0.05, 0.1) is 0 Å². The number of nitrogen functional groups attached to an aromatic ring is 1. The van der Waals surface area contributed by atoms with Crippen LogP contribution in [-0.2, 0) is 6.42 Å². The summed E-state index contributed by atoms with van der Waals surface area (Å²) in [5.74, 6) is 0.303. The van der Waals surface area contributed by atoms with Crippen LogP contribution >= 0.6 is 0 Å². The number of rotatable bonds is 4. The molecule has 76 valence electrons. The van der Waals surface area contributed by atoms with Crippen LogP contribution in [0.1, 0.15) is 30.9 Å². The van der Waals surface area contributed by atoms with Crippen LogP contribution in [0.25, 0.3) is 0 Å². The van der Waals surface area contributed by atoms with Gasteiger partial charge in [-0.1, -0.05) is 13.3 Å². The van der Waals surface area contributed by atoms with Crippen LogP contribution in [0.5, 0.6) is 5.75 Å². The molecular formula is C11H16N2O. The third-order valence-corrected chi connectivity index (χ3v) is 2.18. The average molecular weight is 192 g/mol. The summed E-state index contributed by atoms with van der Waals surface area (Å²) in [7, 11) is 0. The van der Waals surface area contributed by atoms with Crippen molar-refractivity contribution in [2.75, 3.05) is 0 Å². The highest BCUT2D eigenvalue weighted by molar-refractivity contribution is 5.96. The molecule has 0 amide bonds. The minimum atomic E-state index is 0.0658. The van der Waals surface area contributed by atoms with Gasteiger partial charge in [-0.3, -0.25) is 5.41 Å². The zero-order chi connectivity index (χ0) is 10.6. The van der Waals surface area contributed by atoms with E-state index in [0.717, 1.165) is 30.4 Å². The van der Waals surface area contributed by atoms with Gasteiger partial charge in [-0.05, 0) is 36.6 Å². The summed E-state index contributed by atoms with van der Waals surface area (Å²) in [5.41, 5.74) is 7.13. The Bertz CT molecular complexity index is 334. The number of unbranched alkanes of at least 4 members (excludes halogenated alkanes) is 1. The first-order valence-electron chi connectivity index (χ1n) is 4.81. The van der Waals surface area contributed by atoms with Crippen LogP contribution in [0.15, 0.2) is 18.2 Å². The summed E-state index contributed by atoms with van der Waals surface area (Å²) in [6, 6.07) is 4.95. The van der Waals surface area contributed by atoms with E-state index in [0.29, 0.717) is 0 Å². The van der Waals surface area contributed by atoms with Gasteiger partial charge in [-0.15, -0.1) is 0 Å². The van der Waals surface area contributed by atoms with Gasteiger partial charge in [0.15, 0.2) is 0 Å². The van der Waals surface area contributed by atoms with Gasteiger partial charge in [0.1, 0.15) is 11.6 Å². The first-order valence-corrected chi connectivity index (χ1v) is 4.81. The number of benzene rings is 1. The van der Waals surface area contributed by atoms with E-state index in [1.54, 1.807) is 18.2 Å². The lowest BCUT2D eigenvalue weighted by molar-refractivity contribution is 0.474. The standard InChI is InChI=1S/C11H16N2O/c1-2-3-4-8-7-9(14)5-6-10(8)11(12)13/h5-7,14H,2-4H2,1H3,(H3,12,13). The molecule has 3 nitrogen and oxygen atoms in total. The Kier molecular flexibility index (Phi) is 3.51. The number of hydrogen-bond donors (Lipinski definition) is 3. The molecular weight excluding hydrogens is 176 g/mol. The van der Waals surface area contributed by atoms with E-state index in [1.807, 2.05) is 0 Å². The number of nitrogens with one attached hydrogen (secondary N) is 1. The molecule has 4 N–H and O–H groups in total. The van der Waals surface area contributed by atoms with Gasteiger partial charge in [0, 0.05) is 5.56 Å². The lowest BCUT2D eigenvalue weighted by Crippen LogP contribution is -2.13. The number of phenolic OH excluding ortho intramolecular Hbond substituents is 1. The predicted octanol–water partition coefficient (Wildman–Crippen LogP) is 2.02. The Morgan fingerprint density at radius 2 is 2.21 bits per heavy atom. The van der Waals surface area contributed by atoms with Gasteiger partial charge in [0.25, 0.3) is 0 Å². The smallest absolute Gasteiger partial charge is 0.123 e. The third-order valence-electron chi connectivity index (χ3n) is 2.18. The van der Waals surface area contributed by atoms with Gasteiger partial charge >= 0.3 is 0 Å². The van der Waals surface area contributed by atoms with Crippen molar-refractivity contribution >= 4 is 5.84 Å². The maximum absolute atomic E-state index is 9.31. The van der Waals surface area contributed by atoms with Crippen molar-refractivity contribution < 1.29 is 5.11 Å². The third kappa shape index (κ3) is 2.49. The Balaban J connectivity index is 2.97. The van der Waals surface area contributed by atoms with Gasteiger partial charge in [-0.2, -0.15) is 0 Å². The molecule has 1 aromatic rings. The maximum Gasteiger partial charge on any atom is 0.123 e. The first kappa shape index (κ1) is 10.6. The highest BCUT2D eigenvalue weighted by Gasteiger charge is 2.05. The Morgan fingerprint density at radius 3 is 2.79 bits per heavy atom. The summed E-state index contributed by atoms with van der Waals surface area (Å²) >= 11 is 0. The van der Waals surface area contributed by atoms with E-state index in [9.17, 15) is 5.11 Å². The van der Waals surface area contributed by atoms with E-state index < -0.39 is 0 Å². The Morgan fingerprint density at radius 1 is 1.50 bits per heavy atom. The summed E-state index contributed by atoms with van der Waals surface area (Å²) in [6.07, 6.45) is 3.00. The van der Waals surface area contributed by atoms with Crippen LogP contribution in [0.4, 0.5) is 0 Å². The molecule has 0 saturated carbocycles. The highest BCUT2D eigenvalue weighted by atomic mass is 16.3. The normalized spacial score (nSPS) is 10.1. The molecule has 0 bridgehead atoms. The number of nitrogens with two attached hydrogens (primary N) is 1. The molecule has 1 rings (SSSR count). The van der Waals surface area contributed by atoms with E-state index >= 15 is 0 Å². The molecule has 3 heteroatoms. The molecule has 0 aliphatic carbocycles. The molecule has 0 spiro atoms. The lowest BCUT2D eigenvalue weighted by atomic mass is 10.0. The summed E-state index contributed by atoms with van der Waals surface area (Å²) in [6.45, 7) is 2.11. The molecule has 1 aromatic carbocycles. The summed E-state index contributed by atoms with van der Waals surface area (Å²) in [4.78, 5) is 0. The van der Waals surface area contributed by atoms with Crippen LogP contribution in [0.3, 0.4) is 0 Å². The molecule has 0 aliphatic rings. The Labute approximate surface area is 84.1 Å².